The quantitative estimate of drug-likeness (QED) is 0.124. The fraction of sp³-hybridized carbons (Fsp3) is 0.349. The van der Waals surface area contributed by atoms with Gasteiger partial charge >= 0.3 is 0 Å². The topological polar surface area (TPSA) is 154 Å². The summed E-state index contributed by atoms with van der Waals surface area (Å²) in [5, 5.41) is 14.5. The summed E-state index contributed by atoms with van der Waals surface area (Å²) in [6.07, 6.45) is 6.91. The Bertz CT molecular complexity index is 2780. The molecule has 0 spiro atoms. The molecule has 3 aromatic carbocycles. The van der Waals surface area contributed by atoms with Crippen molar-refractivity contribution in [2.24, 2.45) is 5.92 Å². The maximum Gasteiger partial charge on any atom is 0.237 e. The highest BCUT2D eigenvalue weighted by atomic mass is 35.5. The highest BCUT2D eigenvalue weighted by Gasteiger charge is 2.41. The number of oxazole rings is 1. The van der Waals surface area contributed by atoms with Gasteiger partial charge in [0.25, 0.3) is 0 Å². The van der Waals surface area contributed by atoms with Crippen LogP contribution in [0.2, 0.25) is 10.0 Å². The number of aliphatic hydroxyl groups excluding tert-OH is 1. The first kappa shape index (κ1) is 38.5. The third kappa shape index (κ3) is 7.23. The number of β-amino-alcohol motifs (C(OH)–C–C–N with tert-alkyl or cyclic N) is 1. The summed E-state index contributed by atoms with van der Waals surface area (Å²) in [7, 11) is -3.62. The van der Waals surface area contributed by atoms with Crippen molar-refractivity contribution in [1.82, 2.24) is 29.5 Å². The number of nitrogens with one attached hydrogen (secondary N) is 2. The molecule has 16 heteroatoms. The highest BCUT2D eigenvalue weighted by molar-refractivity contribution is 7.90. The number of carbonyl (C=O) groups excluding carboxylic acids is 1. The summed E-state index contributed by atoms with van der Waals surface area (Å²) < 4.78 is 49.4. The van der Waals surface area contributed by atoms with Crippen LogP contribution < -0.4 is 10.0 Å². The van der Waals surface area contributed by atoms with Gasteiger partial charge in [0.2, 0.25) is 21.8 Å². The molecule has 59 heavy (non-hydrogen) atoms. The zero-order valence-electron chi connectivity index (χ0n) is 31.8. The molecule has 4 aliphatic rings. The summed E-state index contributed by atoms with van der Waals surface area (Å²) in [5.74, 6) is -0.676. The monoisotopic (exact) mass is 855 g/mol. The van der Waals surface area contributed by atoms with Crippen LogP contribution in [0.5, 0.6) is 0 Å². The predicted octanol–water partition coefficient (Wildman–Crippen LogP) is 7.78. The van der Waals surface area contributed by atoms with E-state index in [0.29, 0.717) is 113 Å². The van der Waals surface area contributed by atoms with Gasteiger partial charge in [-0.2, -0.15) is 0 Å². The number of fused-ring (bicyclic) bond motifs is 3. The molecule has 6 aromatic rings. The molecule has 3 N–H and O–H groups in total. The number of pyridine rings is 2. The summed E-state index contributed by atoms with van der Waals surface area (Å²) >= 11 is 14.2. The predicted molar refractivity (Wildman–Crippen MR) is 224 cm³/mol. The van der Waals surface area contributed by atoms with E-state index in [1.807, 2.05) is 48.7 Å². The Morgan fingerprint density at radius 1 is 0.949 bits per heavy atom. The van der Waals surface area contributed by atoms with Crippen LogP contribution >= 0.6 is 23.2 Å². The number of carbonyl (C=O) groups is 1. The van der Waals surface area contributed by atoms with Crippen LogP contribution in [0, 0.1) is 11.7 Å². The molecule has 304 valence electrons. The lowest BCUT2D eigenvalue weighted by Gasteiger charge is -2.24. The number of likely N-dealkylation sites (tertiary alicyclic amines) is 2. The van der Waals surface area contributed by atoms with Gasteiger partial charge in [-0.1, -0.05) is 47.5 Å². The third-order valence-electron chi connectivity index (χ3n) is 12.1. The first-order valence-electron chi connectivity index (χ1n) is 19.9. The van der Waals surface area contributed by atoms with Gasteiger partial charge in [0, 0.05) is 61.1 Å². The summed E-state index contributed by atoms with van der Waals surface area (Å²) in [6.45, 7) is 3.20. The van der Waals surface area contributed by atoms with Crippen LogP contribution in [-0.2, 0) is 27.8 Å². The van der Waals surface area contributed by atoms with Crippen molar-refractivity contribution < 1.29 is 27.1 Å². The Hall–Kier alpha value is -4.70. The molecule has 1 saturated carbocycles. The van der Waals surface area contributed by atoms with E-state index in [9.17, 15) is 18.3 Å². The van der Waals surface area contributed by atoms with Gasteiger partial charge in [0.05, 0.1) is 38.6 Å². The fourth-order valence-corrected chi connectivity index (χ4v) is 10.9. The van der Waals surface area contributed by atoms with Crippen molar-refractivity contribution in [3.63, 3.8) is 0 Å². The zero-order valence-corrected chi connectivity index (χ0v) is 34.1. The number of amides is 1. The molecule has 12 nitrogen and oxygen atoms in total. The number of aliphatic hydroxyl groups is 1. The van der Waals surface area contributed by atoms with Crippen molar-refractivity contribution in [1.29, 1.82) is 0 Å². The number of aromatic nitrogens is 3. The van der Waals surface area contributed by atoms with E-state index in [0.717, 1.165) is 29.5 Å². The lowest BCUT2D eigenvalue weighted by atomic mass is 10.0. The first-order valence-corrected chi connectivity index (χ1v) is 22.2. The Kier molecular flexibility index (Phi) is 9.85. The van der Waals surface area contributed by atoms with Crippen molar-refractivity contribution in [2.45, 2.75) is 62.5 Å². The van der Waals surface area contributed by atoms with Crippen LogP contribution in [0.1, 0.15) is 54.8 Å². The maximum absolute atomic E-state index is 16.2. The largest absolute Gasteiger partial charge is 0.433 e. The van der Waals surface area contributed by atoms with Gasteiger partial charge in [-0.25, -0.2) is 22.8 Å². The number of anilines is 2. The van der Waals surface area contributed by atoms with Gasteiger partial charge in [-0.3, -0.25) is 24.3 Å². The van der Waals surface area contributed by atoms with E-state index < -0.39 is 32.9 Å². The molecule has 3 fully saturated rings. The number of sulfonamides is 1. The van der Waals surface area contributed by atoms with Crippen LogP contribution in [0.4, 0.5) is 15.9 Å². The molecule has 2 saturated heterocycles. The molecule has 3 atom stereocenters. The molecule has 3 aromatic heterocycles. The highest BCUT2D eigenvalue weighted by Crippen LogP contribution is 2.45. The minimum atomic E-state index is -3.62. The number of nitrogens with zero attached hydrogens (tertiary/aromatic N) is 5. The molecule has 2 aliphatic carbocycles. The third-order valence-corrected chi connectivity index (χ3v) is 14.8. The maximum atomic E-state index is 16.2. The normalized spacial score (nSPS) is 21.1. The Balaban J connectivity index is 0.895. The fourth-order valence-electron chi connectivity index (χ4n) is 8.90. The molecular formula is C43H40Cl2FN7O5S. The van der Waals surface area contributed by atoms with Crippen molar-refractivity contribution >= 4 is 72.6 Å². The van der Waals surface area contributed by atoms with E-state index in [1.165, 1.54) is 0 Å². The molecule has 1 amide bonds. The zero-order chi connectivity index (χ0) is 40.6. The number of halogens is 3. The van der Waals surface area contributed by atoms with Crippen molar-refractivity contribution in [3.05, 3.63) is 99.5 Å². The van der Waals surface area contributed by atoms with Gasteiger partial charge in [-0.05, 0) is 92.1 Å². The summed E-state index contributed by atoms with van der Waals surface area (Å²) in [5.41, 5.74) is 5.86. The van der Waals surface area contributed by atoms with E-state index in [4.69, 9.17) is 37.6 Å². The van der Waals surface area contributed by atoms with Crippen LogP contribution in [0.25, 0.3) is 44.6 Å². The van der Waals surface area contributed by atoms with Crippen molar-refractivity contribution in [2.75, 3.05) is 31.5 Å². The average molecular weight is 857 g/mol. The standard InChI is InChI=1S/C43H40Cl2FN7O5S/c44-36-28(29-4-2-6-33(37(29)45)49-41-39-24(11-14-47-41)17-23(19-48-39)20-52-15-13-26(54)22-52)3-1-5-31(36)43-50-34-18-32-30(38(46)40(34)58-43)9-10-35(32)53-16-12-25(21-53)42(55)51-59(56,57)27-7-8-27/h1-6,11,14,17-19,25-27,35,54H,7-10,12-13,15-16,20-22H2,(H,47,49)(H,51,55)/t25-,26-,35-/m1/s1. The Morgan fingerprint density at radius 3 is 2.54 bits per heavy atom. The first-order chi connectivity index (χ1) is 28.5. The molecular weight excluding hydrogens is 816 g/mol. The van der Waals surface area contributed by atoms with E-state index in [-0.39, 0.29) is 23.6 Å². The Morgan fingerprint density at radius 2 is 1.75 bits per heavy atom. The summed E-state index contributed by atoms with van der Waals surface area (Å²) in [4.78, 5) is 31.3. The van der Waals surface area contributed by atoms with E-state index in [2.05, 4.69) is 30.9 Å². The number of benzene rings is 3. The van der Waals surface area contributed by atoms with Crippen molar-refractivity contribution in [3.8, 4) is 22.6 Å². The molecule has 10 rings (SSSR count). The summed E-state index contributed by atoms with van der Waals surface area (Å²) in [6, 6.07) is 16.8. The smallest absolute Gasteiger partial charge is 0.237 e. The SMILES string of the molecule is O=C(NS(=O)(=O)C1CC1)[C@@H]1CCN([C@@H]2CCc3c2cc2nc(-c4cccc(-c5cccc(Nc6nccc7cc(CN8CC[C@@H](O)C8)cnc67)c5Cl)c4Cl)oc2c3F)C1. The molecule has 0 bridgehead atoms. The second-order valence-electron chi connectivity index (χ2n) is 16.1. The molecule has 0 unspecified atom stereocenters. The lowest BCUT2D eigenvalue weighted by molar-refractivity contribution is -0.122. The average Bonchev–Trinajstić information content (AvgIpc) is 3.49. The van der Waals surface area contributed by atoms with Crippen LogP contribution in [0.3, 0.4) is 0 Å². The molecule has 0 radical (unpaired) electrons. The molecule has 5 heterocycles. The second kappa shape index (κ2) is 15.1. The van der Waals surface area contributed by atoms with Gasteiger partial charge in [-0.15, -0.1) is 0 Å². The van der Waals surface area contributed by atoms with Crippen LogP contribution in [0.15, 0.2) is 71.4 Å². The van der Waals surface area contributed by atoms with Gasteiger partial charge in [0.1, 0.15) is 11.0 Å². The minimum Gasteiger partial charge on any atom is -0.433 e. The second-order valence-corrected chi connectivity index (χ2v) is 18.8. The van der Waals surface area contributed by atoms with E-state index >= 15 is 4.39 Å². The number of rotatable bonds is 10. The lowest BCUT2D eigenvalue weighted by Crippen LogP contribution is -2.38. The number of hydrogen-bond acceptors (Lipinski definition) is 11. The van der Waals surface area contributed by atoms with Gasteiger partial charge in [0.15, 0.2) is 17.2 Å². The Labute approximate surface area is 349 Å². The minimum absolute atomic E-state index is 0.0484. The van der Waals surface area contributed by atoms with Crippen LogP contribution in [-0.4, -0.2) is 81.7 Å². The van der Waals surface area contributed by atoms with Gasteiger partial charge < -0.3 is 14.8 Å². The number of hydrogen-bond donors (Lipinski definition) is 3. The van der Waals surface area contributed by atoms with E-state index in [1.54, 1.807) is 12.3 Å². The molecule has 2 aliphatic heterocycles.